The normalized spacial score (nSPS) is 10.8. The van der Waals surface area contributed by atoms with Gasteiger partial charge in [0.05, 0.1) is 0 Å². The Morgan fingerprint density at radius 2 is 1.50 bits per heavy atom. The molecule has 0 bridgehead atoms. The number of amides is 2. The van der Waals surface area contributed by atoms with Gasteiger partial charge in [0.1, 0.15) is 6.54 Å². The van der Waals surface area contributed by atoms with Crippen LogP contribution in [0.25, 0.3) is 0 Å². The molecule has 0 aliphatic heterocycles. The molecule has 0 unspecified atom stereocenters. The van der Waals surface area contributed by atoms with E-state index in [1.165, 1.54) is 0 Å². The first-order valence-electron chi connectivity index (χ1n) is 6.57. The van der Waals surface area contributed by atoms with Crippen molar-refractivity contribution in [2.75, 3.05) is 19.6 Å². The summed E-state index contributed by atoms with van der Waals surface area (Å²) in [5.74, 6) is 0.0358. The summed E-state index contributed by atoms with van der Waals surface area (Å²) in [7, 11) is 0. The van der Waals surface area contributed by atoms with Crippen LogP contribution in [0.1, 0.15) is 40.5 Å². The van der Waals surface area contributed by atoms with Gasteiger partial charge in [-0.15, -0.1) is 0 Å². The summed E-state index contributed by atoms with van der Waals surface area (Å²) < 4.78 is 0. The van der Waals surface area contributed by atoms with E-state index in [4.69, 9.17) is 5.11 Å². The van der Waals surface area contributed by atoms with Crippen LogP contribution in [0.3, 0.4) is 0 Å². The topological polar surface area (TPSA) is 69.6 Å². The summed E-state index contributed by atoms with van der Waals surface area (Å²) >= 11 is 0. The Bertz CT molecular complexity index is 253. The van der Waals surface area contributed by atoms with Gasteiger partial charge in [-0.1, -0.05) is 27.7 Å². The Morgan fingerprint density at radius 3 is 1.83 bits per heavy atom. The molecule has 0 atom stereocenters. The van der Waals surface area contributed by atoms with E-state index in [1.54, 1.807) is 4.90 Å². The number of carboxylic acids is 1. The van der Waals surface area contributed by atoms with Crippen molar-refractivity contribution in [2.24, 2.45) is 11.8 Å². The maximum absolute atomic E-state index is 11.8. The van der Waals surface area contributed by atoms with Crippen LogP contribution in [0.5, 0.6) is 0 Å². The largest absolute Gasteiger partial charge is 0.480 e. The molecule has 0 aliphatic rings. The number of rotatable bonds is 8. The van der Waals surface area contributed by atoms with E-state index in [-0.39, 0.29) is 12.6 Å². The van der Waals surface area contributed by atoms with E-state index in [1.807, 2.05) is 0 Å². The molecular weight excluding hydrogens is 232 g/mol. The molecule has 0 aliphatic carbocycles. The molecule has 0 saturated carbocycles. The van der Waals surface area contributed by atoms with E-state index in [0.29, 0.717) is 24.9 Å². The highest BCUT2D eigenvalue weighted by atomic mass is 16.4. The first-order chi connectivity index (χ1) is 8.32. The maximum Gasteiger partial charge on any atom is 0.323 e. The zero-order chi connectivity index (χ0) is 14.1. The summed E-state index contributed by atoms with van der Waals surface area (Å²) in [4.78, 5) is 24.0. The third kappa shape index (κ3) is 8.84. The second-order valence-corrected chi connectivity index (χ2v) is 5.40. The number of hydrogen-bond donors (Lipinski definition) is 2. The third-order valence-corrected chi connectivity index (χ3v) is 2.63. The van der Waals surface area contributed by atoms with Gasteiger partial charge in [0, 0.05) is 13.1 Å². The van der Waals surface area contributed by atoms with Crippen molar-refractivity contribution in [3.63, 3.8) is 0 Å². The minimum atomic E-state index is -1.02. The highest BCUT2D eigenvalue weighted by molar-refractivity contribution is 5.79. The second kappa shape index (κ2) is 8.78. The molecule has 5 heteroatoms. The molecule has 0 aromatic carbocycles. The predicted octanol–water partition coefficient (Wildman–Crippen LogP) is 2.17. The summed E-state index contributed by atoms with van der Waals surface area (Å²) in [6, 6.07) is -0.279. The van der Waals surface area contributed by atoms with Crippen molar-refractivity contribution >= 4 is 12.0 Å². The van der Waals surface area contributed by atoms with Crippen molar-refractivity contribution < 1.29 is 14.7 Å². The van der Waals surface area contributed by atoms with Crippen LogP contribution < -0.4 is 5.32 Å². The Morgan fingerprint density at radius 1 is 1.06 bits per heavy atom. The van der Waals surface area contributed by atoms with Crippen LogP contribution in [-0.2, 0) is 4.79 Å². The second-order valence-electron chi connectivity index (χ2n) is 5.40. The molecule has 0 spiro atoms. The fourth-order valence-electron chi connectivity index (χ4n) is 1.41. The minimum absolute atomic E-state index is 0.279. The fourth-order valence-corrected chi connectivity index (χ4v) is 1.41. The van der Waals surface area contributed by atoms with E-state index >= 15 is 0 Å². The lowest BCUT2D eigenvalue weighted by molar-refractivity contribution is -0.135. The zero-order valence-corrected chi connectivity index (χ0v) is 11.9. The molecule has 0 fully saturated rings. The van der Waals surface area contributed by atoms with Gasteiger partial charge in [-0.2, -0.15) is 0 Å². The van der Waals surface area contributed by atoms with E-state index in [0.717, 1.165) is 12.8 Å². The molecular formula is C13H26N2O3. The molecule has 106 valence electrons. The minimum Gasteiger partial charge on any atom is -0.480 e. The van der Waals surface area contributed by atoms with Gasteiger partial charge >= 0.3 is 12.0 Å². The molecule has 0 saturated heterocycles. The standard InChI is InChI=1S/C13H26N2O3/c1-10(2)5-7-15(8-6-11(3)4)13(18)14-9-12(16)17/h10-11H,5-9H2,1-4H3,(H,14,18)(H,16,17). The highest BCUT2D eigenvalue weighted by Crippen LogP contribution is 2.06. The highest BCUT2D eigenvalue weighted by Gasteiger charge is 2.14. The zero-order valence-electron chi connectivity index (χ0n) is 11.9. The van der Waals surface area contributed by atoms with Gasteiger partial charge in [0.25, 0.3) is 0 Å². The first kappa shape index (κ1) is 16.7. The van der Waals surface area contributed by atoms with Crippen LogP contribution in [0.4, 0.5) is 4.79 Å². The molecule has 0 rings (SSSR count). The summed E-state index contributed by atoms with van der Waals surface area (Å²) in [5.41, 5.74) is 0. The molecule has 18 heavy (non-hydrogen) atoms. The Labute approximate surface area is 110 Å². The first-order valence-corrected chi connectivity index (χ1v) is 6.57. The number of carboxylic acid groups (broad SMARTS) is 1. The van der Waals surface area contributed by atoms with Crippen molar-refractivity contribution in [1.82, 2.24) is 10.2 Å². The molecule has 0 aromatic heterocycles. The van der Waals surface area contributed by atoms with Gasteiger partial charge < -0.3 is 15.3 Å². The summed E-state index contributed by atoms with van der Waals surface area (Å²) in [6.07, 6.45) is 1.86. The molecule has 2 amide bonds. The van der Waals surface area contributed by atoms with Crippen molar-refractivity contribution in [3.05, 3.63) is 0 Å². The average Bonchev–Trinajstić information content (AvgIpc) is 2.25. The number of carbonyl (C=O) groups is 2. The van der Waals surface area contributed by atoms with Crippen LogP contribution >= 0.6 is 0 Å². The van der Waals surface area contributed by atoms with Crippen molar-refractivity contribution in [1.29, 1.82) is 0 Å². The smallest absolute Gasteiger partial charge is 0.323 e. The van der Waals surface area contributed by atoms with E-state index in [2.05, 4.69) is 33.0 Å². The van der Waals surface area contributed by atoms with Gasteiger partial charge in [-0.3, -0.25) is 4.79 Å². The van der Waals surface area contributed by atoms with Gasteiger partial charge in [0.2, 0.25) is 0 Å². The Kier molecular flexibility index (Phi) is 8.16. The van der Waals surface area contributed by atoms with Crippen LogP contribution in [0, 0.1) is 11.8 Å². The quantitative estimate of drug-likeness (QED) is 0.701. The lowest BCUT2D eigenvalue weighted by Gasteiger charge is -2.24. The molecule has 5 nitrogen and oxygen atoms in total. The van der Waals surface area contributed by atoms with Gasteiger partial charge in [-0.05, 0) is 24.7 Å². The lowest BCUT2D eigenvalue weighted by Crippen LogP contribution is -2.43. The monoisotopic (exact) mass is 258 g/mol. The van der Waals surface area contributed by atoms with Crippen LogP contribution in [-0.4, -0.2) is 41.6 Å². The third-order valence-electron chi connectivity index (χ3n) is 2.63. The van der Waals surface area contributed by atoms with Crippen molar-refractivity contribution in [2.45, 2.75) is 40.5 Å². The number of aliphatic carboxylic acids is 1. The predicted molar refractivity (Wildman–Crippen MR) is 71.5 cm³/mol. The van der Waals surface area contributed by atoms with Crippen LogP contribution in [0.15, 0.2) is 0 Å². The average molecular weight is 258 g/mol. The van der Waals surface area contributed by atoms with Gasteiger partial charge in [-0.25, -0.2) is 4.79 Å². The molecule has 0 radical (unpaired) electrons. The molecule has 2 N–H and O–H groups in total. The van der Waals surface area contributed by atoms with E-state index in [9.17, 15) is 9.59 Å². The van der Waals surface area contributed by atoms with Gasteiger partial charge in [0.15, 0.2) is 0 Å². The van der Waals surface area contributed by atoms with Crippen LogP contribution in [0.2, 0.25) is 0 Å². The lowest BCUT2D eigenvalue weighted by atomic mass is 10.1. The fraction of sp³-hybridized carbons (Fsp3) is 0.846. The Hall–Kier alpha value is -1.26. The molecule has 0 aromatic rings. The Balaban J connectivity index is 4.24. The maximum atomic E-state index is 11.8. The number of nitrogens with zero attached hydrogens (tertiary/aromatic N) is 1. The summed E-state index contributed by atoms with van der Waals surface area (Å²) in [6.45, 7) is 9.46. The SMILES string of the molecule is CC(C)CCN(CCC(C)C)C(=O)NCC(=O)O. The summed E-state index contributed by atoms with van der Waals surface area (Å²) in [5, 5.41) is 11.0. The molecule has 0 heterocycles. The number of hydrogen-bond acceptors (Lipinski definition) is 2. The number of nitrogens with one attached hydrogen (secondary N) is 1. The number of carbonyl (C=O) groups excluding carboxylic acids is 1. The van der Waals surface area contributed by atoms with Crippen molar-refractivity contribution in [3.8, 4) is 0 Å². The number of urea groups is 1. The van der Waals surface area contributed by atoms with E-state index < -0.39 is 5.97 Å².